The first-order valence-corrected chi connectivity index (χ1v) is 8.58. The van der Waals surface area contributed by atoms with Crippen LogP contribution in [0.1, 0.15) is 25.5 Å². The third-order valence-electron chi connectivity index (χ3n) is 4.16. The molecule has 1 aliphatic rings. The number of halogens is 1. The zero-order valence-electron chi connectivity index (χ0n) is 12.4. The second kappa shape index (κ2) is 5.66. The first kappa shape index (κ1) is 14.2. The van der Waals surface area contributed by atoms with Crippen LogP contribution in [0.3, 0.4) is 0 Å². The molecule has 0 saturated carbocycles. The molecule has 1 aliphatic heterocycles. The molecule has 0 amide bonds. The van der Waals surface area contributed by atoms with Gasteiger partial charge in [0.25, 0.3) is 0 Å². The van der Waals surface area contributed by atoms with Crippen LogP contribution in [0.2, 0.25) is 0 Å². The van der Waals surface area contributed by atoms with Gasteiger partial charge in [-0.3, -0.25) is 0 Å². The fourth-order valence-electron chi connectivity index (χ4n) is 2.96. The molecular formula is C16H17IN4O. The average Bonchev–Trinajstić information content (AvgIpc) is 3.14. The lowest BCUT2D eigenvalue weighted by atomic mass is 10.1. The second-order valence-electron chi connectivity index (χ2n) is 5.69. The molecular weight excluding hydrogens is 391 g/mol. The summed E-state index contributed by atoms with van der Waals surface area (Å²) in [4.78, 5) is 4.47. The number of aromatic nitrogens is 4. The van der Waals surface area contributed by atoms with E-state index in [-0.39, 0.29) is 6.23 Å². The molecule has 114 valence electrons. The molecule has 3 heterocycles. The highest BCUT2D eigenvalue weighted by Gasteiger charge is 2.18. The predicted octanol–water partition coefficient (Wildman–Crippen LogP) is 3.74. The summed E-state index contributed by atoms with van der Waals surface area (Å²) in [5.41, 5.74) is 2.27. The number of benzene rings is 1. The van der Waals surface area contributed by atoms with E-state index in [1.165, 1.54) is 20.9 Å². The van der Waals surface area contributed by atoms with Gasteiger partial charge in [0.2, 0.25) is 0 Å². The topological polar surface area (TPSA) is 44.9 Å². The molecule has 0 spiro atoms. The molecule has 4 rings (SSSR count). The summed E-state index contributed by atoms with van der Waals surface area (Å²) in [6, 6.07) is 6.38. The first-order chi connectivity index (χ1) is 10.7. The Bertz CT molecular complexity index is 817. The number of ether oxygens (including phenoxy) is 1. The maximum absolute atomic E-state index is 5.76. The van der Waals surface area contributed by atoms with E-state index in [2.05, 4.69) is 68.7 Å². The van der Waals surface area contributed by atoms with Crippen molar-refractivity contribution in [2.75, 3.05) is 6.61 Å². The minimum atomic E-state index is 0.0376. The number of hydrogen-bond acceptors (Lipinski definition) is 3. The van der Waals surface area contributed by atoms with Crippen molar-refractivity contribution in [3.8, 4) is 11.4 Å². The summed E-state index contributed by atoms with van der Waals surface area (Å²) < 4.78 is 11.0. The van der Waals surface area contributed by atoms with Crippen LogP contribution in [0.4, 0.5) is 0 Å². The van der Waals surface area contributed by atoms with Crippen LogP contribution in [0.5, 0.6) is 0 Å². The molecule has 1 atom stereocenters. The highest BCUT2D eigenvalue weighted by Crippen LogP contribution is 2.28. The fourth-order valence-corrected chi connectivity index (χ4v) is 3.81. The Morgan fingerprint density at radius 3 is 3.05 bits per heavy atom. The van der Waals surface area contributed by atoms with Crippen LogP contribution in [0.15, 0.2) is 30.7 Å². The highest BCUT2D eigenvalue weighted by molar-refractivity contribution is 14.1. The largest absolute Gasteiger partial charge is 0.356 e. The van der Waals surface area contributed by atoms with Crippen molar-refractivity contribution < 1.29 is 4.74 Å². The molecule has 1 unspecified atom stereocenters. The Morgan fingerprint density at radius 2 is 2.23 bits per heavy atom. The zero-order valence-corrected chi connectivity index (χ0v) is 14.5. The summed E-state index contributed by atoms with van der Waals surface area (Å²) in [5.74, 6) is 0.760. The van der Waals surface area contributed by atoms with Crippen molar-refractivity contribution in [1.82, 2.24) is 19.3 Å². The smallest absolute Gasteiger partial charge is 0.181 e. The molecule has 5 nitrogen and oxygen atoms in total. The van der Waals surface area contributed by atoms with Crippen molar-refractivity contribution >= 4 is 33.5 Å². The number of aryl methyl sites for hydroxylation is 1. The number of hydrogen-bond donors (Lipinski definition) is 0. The number of rotatable bonds is 2. The second-order valence-corrected chi connectivity index (χ2v) is 6.85. The molecule has 1 aromatic carbocycles. The van der Waals surface area contributed by atoms with Gasteiger partial charge in [-0.2, -0.15) is 0 Å². The van der Waals surface area contributed by atoms with Gasteiger partial charge in [-0.05, 0) is 60.1 Å². The number of nitrogens with zero attached hydrogens (tertiary/aromatic N) is 4. The third kappa shape index (κ3) is 2.44. The molecule has 0 N–H and O–H groups in total. The summed E-state index contributed by atoms with van der Waals surface area (Å²) >= 11 is 2.37. The molecule has 6 heteroatoms. The Morgan fingerprint density at radius 1 is 1.32 bits per heavy atom. The van der Waals surface area contributed by atoms with E-state index in [1.807, 2.05) is 4.68 Å². The van der Waals surface area contributed by atoms with Gasteiger partial charge in [0.1, 0.15) is 6.33 Å². The van der Waals surface area contributed by atoms with E-state index in [9.17, 15) is 0 Å². The normalized spacial score (nSPS) is 18.9. The quantitative estimate of drug-likeness (QED) is 0.607. The summed E-state index contributed by atoms with van der Waals surface area (Å²) in [5, 5.41) is 5.86. The maximum atomic E-state index is 5.76. The van der Waals surface area contributed by atoms with Crippen LogP contribution in [-0.4, -0.2) is 25.9 Å². The van der Waals surface area contributed by atoms with E-state index in [0.29, 0.717) is 0 Å². The minimum absolute atomic E-state index is 0.0376. The maximum Gasteiger partial charge on any atom is 0.181 e. The highest BCUT2D eigenvalue weighted by atomic mass is 127. The molecule has 1 saturated heterocycles. The van der Waals surface area contributed by atoms with E-state index in [0.717, 1.165) is 30.8 Å². The monoisotopic (exact) mass is 408 g/mol. The lowest BCUT2D eigenvalue weighted by Crippen LogP contribution is -2.18. The Labute approximate surface area is 142 Å². The minimum Gasteiger partial charge on any atom is -0.356 e. The molecule has 1 fully saturated rings. The summed E-state index contributed by atoms with van der Waals surface area (Å²) in [6.07, 6.45) is 7.30. The van der Waals surface area contributed by atoms with Gasteiger partial charge in [-0.25, -0.2) is 9.67 Å². The molecule has 0 bridgehead atoms. The average molecular weight is 408 g/mol. The lowest BCUT2D eigenvalue weighted by molar-refractivity contribution is -0.0395. The van der Waals surface area contributed by atoms with Crippen LogP contribution in [0.25, 0.3) is 22.3 Å². The third-order valence-corrected chi connectivity index (χ3v) is 5.02. The van der Waals surface area contributed by atoms with E-state index >= 15 is 0 Å². The van der Waals surface area contributed by atoms with E-state index < -0.39 is 0 Å². The predicted molar refractivity (Wildman–Crippen MR) is 93.5 cm³/mol. The van der Waals surface area contributed by atoms with Gasteiger partial charge in [0, 0.05) is 39.9 Å². The van der Waals surface area contributed by atoms with Crippen molar-refractivity contribution in [2.45, 2.75) is 25.5 Å². The van der Waals surface area contributed by atoms with Crippen molar-refractivity contribution in [3.05, 3.63) is 34.3 Å². The van der Waals surface area contributed by atoms with Gasteiger partial charge in [-0.15, -0.1) is 5.10 Å². The lowest BCUT2D eigenvalue weighted by Gasteiger charge is -2.21. The SMILES string of the molecule is Cn1cc(I)c2cc(-c3ncn(C4CCCCO4)n3)ccc21. The Hall–Kier alpha value is -1.41. The van der Waals surface area contributed by atoms with Gasteiger partial charge in [0.15, 0.2) is 12.1 Å². The fraction of sp³-hybridized carbons (Fsp3) is 0.375. The molecule has 2 aromatic heterocycles. The van der Waals surface area contributed by atoms with Crippen molar-refractivity contribution in [1.29, 1.82) is 0 Å². The van der Waals surface area contributed by atoms with Gasteiger partial charge in [-0.1, -0.05) is 0 Å². The standard InChI is InChI=1S/C16H17IN4O/c1-20-9-13(17)12-8-11(5-6-14(12)20)16-18-10-21(19-16)15-4-2-3-7-22-15/h5-6,8-10,15H,2-4,7H2,1H3. The summed E-state index contributed by atoms with van der Waals surface area (Å²) in [7, 11) is 2.07. The Kier molecular flexibility index (Phi) is 3.65. The van der Waals surface area contributed by atoms with Crippen molar-refractivity contribution in [2.24, 2.45) is 7.05 Å². The van der Waals surface area contributed by atoms with Gasteiger partial charge < -0.3 is 9.30 Å². The van der Waals surface area contributed by atoms with Gasteiger partial charge >= 0.3 is 0 Å². The van der Waals surface area contributed by atoms with Crippen LogP contribution < -0.4 is 0 Å². The molecule has 3 aromatic rings. The summed E-state index contributed by atoms with van der Waals surface area (Å²) in [6.45, 7) is 0.814. The molecule has 22 heavy (non-hydrogen) atoms. The zero-order chi connectivity index (χ0) is 15.1. The molecule has 0 radical (unpaired) electrons. The molecule has 0 aliphatic carbocycles. The van der Waals surface area contributed by atoms with Gasteiger partial charge in [0.05, 0.1) is 0 Å². The van der Waals surface area contributed by atoms with Crippen molar-refractivity contribution in [3.63, 3.8) is 0 Å². The van der Waals surface area contributed by atoms with E-state index in [4.69, 9.17) is 4.74 Å². The number of fused-ring (bicyclic) bond motifs is 1. The Balaban J connectivity index is 1.69. The van der Waals surface area contributed by atoms with Crippen LogP contribution in [0, 0.1) is 3.57 Å². The van der Waals surface area contributed by atoms with Crippen LogP contribution in [-0.2, 0) is 11.8 Å². The van der Waals surface area contributed by atoms with Crippen LogP contribution >= 0.6 is 22.6 Å². The van der Waals surface area contributed by atoms with E-state index in [1.54, 1.807) is 6.33 Å². The first-order valence-electron chi connectivity index (χ1n) is 7.50.